The lowest BCUT2D eigenvalue weighted by atomic mass is 9.45. The number of rotatable bonds is 5. The van der Waals surface area contributed by atoms with E-state index in [1.54, 1.807) is 19.1 Å². The number of thioether (sulfide) groups is 1. The van der Waals surface area contributed by atoms with E-state index in [4.69, 9.17) is 4.74 Å². The molecule has 1 heterocycles. The number of carbonyl (C=O) groups excluding carboxylic acids is 2. The number of aromatic nitrogens is 2. The number of ether oxygens (including phenoxy) is 1. The van der Waals surface area contributed by atoms with Crippen molar-refractivity contribution >= 4 is 28.9 Å². The number of benzene rings is 1. The SMILES string of the molecule is CCC(=O)O[C@]1(C(=O)SCF)CC[C@H]2[C@@H]3CCC4=Cc5c(cnn5-c5ccc(F)cc5)C[C@]4(C)[C@H]3[C@@H](O)C[C@@]21C. The molecule has 0 bridgehead atoms. The van der Waals surface area contributed by atoms with Crippen molar-refractivity contribution in [1.29, 1.82) is 0 Å². The molecular weight excluding hydrogens is 534 g/mol. The summed E-state index contributed by atoms with van der Waals surface area (Å²) in [7, 11) is 0. The summed E-state index contributed by atoms with van der Waals surface area (Å²) in [6.07, 6.45) is 7.29. The van der Waals surface area contributed by atoms with Crippen molar-refractivity contribution in [2.75, 3.05) is 6.01 Å². The molecule has 4 aliphatic rings. The molecule has 0 unspecified atom stereocenters. The molecule has 6 rings (SSSR count). The zero-order valence-electron chi connectivity index (χ0n) is 23.2. The molecule has 0 radical (unpaired) electrons. The summed E-state index contributed by atoms with van der Waals surface area (Å²) < 4.78 is 34.7. The molecule has 1 N–H and O–H groups in total. The van der Waals surface area contributed by atoms with E-state index in [2.05, 4.69) is 18.1 Å². The summed E-state index contributed by atoms with van der Waals surface area (Å²) in [5.74, 6) is -0.594. The Hall–Kier alpha value is -2.52. The quantitative estimate of drug-likeness (QED) is 0.442. The van der Waals surface area contributed by atoms with E-state index in [-0.39, 0.29) is 35.4 Å². The lowest BCUT2D eigenvalue weighted by molar-refractivity contribution is -0.196. The maximum Gasteiger partial charge on any atom is 0.306 e. The van der Waals surface area contributed by atoms with Crippen LogP contribution in [0.3, 0.4) is 0 Å². The predicted molar refractivity (Wildman–Crippen MR) is 149 cm³/mol. The van der Waals surface area contributed by atoms with Gasteiger partial charge in [0.15, 0.2) is 5.60 Å². The third kappa shape index (κ3) is 3.86. The zero-order valence-corrected chi connectivity index (χ0v) is 24.0. The van der Waals surface area contributed by atoms with Crippen LogP contribution >= 0.6 is 11.8 Å². The van der Waals surface area contributed by atoms with Crippen LogP contribution in [-0.4, -0.2) is 43.7 Å². The van der Waals surface area contributed by atoms with Gasteiger partial charge in [-0.15, -0.1) is 0 Å². The Bertz CT molecular complexity index is 1380. The minimum Gasteiger partial charge on any atom is -0.449 e. The number of fused-ring (bicyclic) bond motifs is 6. The lowest BCUT2D eigenvalue weighted by Gasteiger charge is -2.60. The maximum atomic E-state index is 13.5. The summed E-state index contributed by atoms with van der Waals surface area (Å²) >= 11 is 0.572. The molecule has 214 valence electrons. The fraction of sp³-hybridized carbons (Fsp3) is 0.581. The van der Waals surface area contributed by atoms with Crippen LogP contribution in [0.4, 0.5) is 8.78 Å². The minimum absolute atomic E-state index is 0.0329. The third-order valence-corrected chi connectivity index (χ3v) is 11.4. The van der Waals surface area contributed by atoms with E-state index in [1.165, 1.54) is 17.7 Å². The van der Waals surface area contributed by atoms with Crippen LogP contribution in [0.5, 0.6) is 0 Å². The molecule has 6 nitrogen and oxygen atoms in total. The normalized spacial score (nSPS) is 36.1. The van der Waals surface area contributed by atoms with Crippen molar-refractivity contribution in [2.24, 2.45) is 28.6 Å². The Morgan fingerprint density at radius 3 is 2.67 bits per heavy atom. The molecule has 9 heteroatoms. The number of hydrogen-bond donors (Lipinski definition) is 1. The molecular formula is C31H36F2N2O4S. The van der Waals surface area contributed by atoms with E-state index >= 15 is 0 Å². The Morgan fingerprint density at radius 2 is 1.98 bits per heavy atom. The second-order valence-electron chi connectivity index (χ2n) is 12.5. The number of nitrogens with zero attached hydrogens (tertiary/aromatic N) is 2. The highest BCUT2D eigenvalue weighted by Crippen LogP contribution is 2.68. The smallest absolute Gasteiger partial charge is 0.306 e. The van der Waals surface area contributed by atoms with Crippen molar-refractivity contribution in [1.82, 2.24) is 9.78 Å². The summed E-state index contributed by atoms with van der Waals surface area (Å²) in [5.41, 5.74) is 1.65. The van der Waals surface area contributed by atoms with Gasteiger partial charge in [-0.2, -0.15) is 5.10 Å². The van der Waals surface area contributed by atoms with Crippen LogP contribution in [-0.2, 0) is 20.7 Å². The van der Waals surface area contributed by atoms with Gasteiger partial charge in [0.25, 0.3) is 0 Å². The van der Waals surface area contributed by atoms with Gasteiger partial charge in [-0.05, 0) is 109 Å². The molecule has 0 spiro atoms. The van der Waals surface area contributed by atoms with Gasteiger partial charge >= 0.3 is 5.97 Å². The topological polar surface area (TPSA) is 81.4 Å². The first-order valence-corrected chi connectivity index (χ1v) is 15.2. The number of alkyl halides is 1. The van der Waals surface area contributed by atoms with Crippen LogP contribution in [0.1, 0.15) is 70.6 Å². The predicted octanol–water partition coefficient (Wildman–Crippen LogP) is 6.04. The molecule has 3 fully saturated rings. The van der Waals surface area contributed by atoms with Gasteiger partial charge in [-0.25, -0.2) is 13.5 Å². The second-order valence-corrected chi connectivity index (χ2v) is 13.3. The van der Waals surface area contributed by atoms with E-state index in [9.17, 15) is 23.5 Å². The van der Waals surface area contributed by atoms with E-state index in [1.807, 2.05) is 17.8 Å². The van der Waals surface area contributed by atoms with E-state index in [0.29, 0.717) is 31.0 Å². The molecule has 3 saturated carbocycles. The third-order valence-electron chi connectivity index (χ3n) is 10.7. The minimum atomic E-state index is -1.43. The van der Waals surface area contributed by atoms with Crippen LogP contribution in [0.2, 0.25) is 0 Å². The molecule has 0 aliphatic heterocycles. The van der Waals surface area contributed by atoms with E-state index in [0.717, 1.165) is 36.2 Å². The number of carbonyl (C=O) groups is 2. The summed E-state index contributed by atoms with van der Waals surface area (Å²) in [5, 5.41) is 16.1. The molecule has 40 heavy (non-hydrogen) atoms. The first-order chi connectivity index (χ1) is 19.1. The average molecular weight is 571 g/mol. The van der Waals surface area contributed by atoms with Crippen molar-refractivity contribution in [3.8, 4) is 5.69 Å². The Morgan fingerprint density at radius 1 is 1.23 bits per heavy atom. The van der Waals surface area contributed by atoms with Gasteiger partial charge in [0.2, 0.25) is 5.12 Å². The number of aliphatic hydroxyl groups is 1. The van der Waals surface area contributed by atoms with Gasteiger partial charge in [-0.1, -0.05) is 26.3 Å². The van der Waals surface area contributed by atoms with Crippen LogP contribution in [0, 0.1) is 34.4 Å². The van der Waals surface area contributed by atoms with Crippen LogP contribution in [0.15, 0.2) is 36.0 Å². The van der Waals surface area contributed by atoms with Crippen molar-refractivity contribution in [3.63, 3.8) is 0 Å². The molecule has 0 saturated heterocycles. The summed E-state index contributed by atoms with van der Waals surface area (Å²) in [6.45, 7) is 5.90. The fourth-order valence-electron chi connectivity index (χ4n) is 8.94. The number of halogens is 2. The first-order valence-electron chi connectivity index (χ1n) is 14.2. The lowest BCUT2D eigenvalue weighted by Crippen LogP contribution is -2.62. The fourth-order valence-corrected chi connectivity index (χ4v) is 9.65. The number of allylic oxidation sites excluding steroid dienone is 1. The molecule has 1 aromatic carbocycles. The summed E-state index contributed by atoms with van der Waals surface area (Å²) in [4.78, 5) is 26.0. The number of aliphatic hydroxyl groups excluding tert-OH is 1. The standard InChI is InChI=1S/C31H36F2N2O4S/c1-4-26(37)39-31(28(38)40-17-32)12-11-23-22-10-5-19-13-24-18(16-34-35(24)21-8-6-20(33)7-9-21)14-29(19,2)27(22)25(36)15-30(23,31)3/h6-9,13,16,22-23,25,27,36H,4-5,10-12,14-15,17H2,1-3H3/t22-,23-,25-,27+,29-,30-,31-/m0/s1. The monoisotopic (exact) mass is 570 g/mol. The first kappa shape index (κ1) is 27.6. The van der Waals surface area contributed by atoms with Crippen LogP contribution in [0.25, 0.3) is 11.8 Å². The Labute approximate surface area is 237 Å². The molecule has 0 amide bonds. The molecule has 7 atom stereocenters. The van der Waals surface area contributed by atoms with Gasteiger partial charge in [-0.3, -0.25) is 9.59 Å². The highest BCUT2D eigenvalue weighted by molar-refractivity contribution is 8.13. The van der Waals surface area contributed by atoms with Crippen molar-refractivity contribution in [3.05, 3.63) is 53.1 Å². The molecule has 4 aliphatic carbocycles. The van der Waals surface area contributed by atoms with Crippen molar-refractivity contribution in [2.45, 2.75) is 77.4 Å². The highest BCUT2D eigenvalue weighted by Gasteiger charge is 2.70. The highest BCUT2D eigenvalue weighted by atomic mass is 32.2. The van der Waals surface area contributed by atoms with E-state index < -0.39 is 34.2 Å². The number of hydrogen-bond acceptors (Lipinski definition) is 6. The van der Waals surface area contributed by atoms with Gasteiger partial charge in [0.1, 0.15) is 11.8 Å². The zero-order chi connectivity index (χ0) is 28.4. The van der Waals surface area contributed by atoms with Gasteiger partial charge in [0.05, 0.1) is 23.7 Å². The average Bonchev–Trinajstić information content (AvgIpc) is 3.45. The van der Waals surface area contributed by atoms with Crippen LogP contribution < -0.4 is 0 Å². The van der Waals surface area contributed by atoms with Gasteiger partial charge in [0, 0.05) is 11.8 Å². The molecule has 2 aromatic rings. The largest absolute Gasteiger partial charge is 0.449 e. The van der Waals surface area contributed by atoms with Crippen molar-refractivity contribution < 1.29 is 28.2 Å². The second kappa shape index (κ2) is 9.79. The molecule has 1 aromatic heterocycles. The summed E-state index contributed by atoms with van der Waals surface area (Å²) in [6, 6.07) is 5.43. The number of esters is 1. The maximum absolute atomic E-state index is 13.5. The van der Waals surface area contributed by atoms with Gasteiger partial charge < -0.3 is 9.84 Å². The Balaban J connectivity index is 1.35. The Kier molecular flexibility index (Phi) is 6.77.